The molecule has 1 aliphatic heterocycles. The van der Waals surface area contributed by atoms with Crippen molar-refractivity contribution in [3.63, 3.8) is 0 Å². The van der Waals surface area contributed by atoms with Crippen LogP contribution in [-0.2, 0) is 4.79 Å². The van der Waals surface area contributed by atoms with E-state index in [0.717, 1.165) is 53.9 Å². The highest BCUT2D eigenvalue weighted by Crippen LogP contribution is 2.32. The lowest BCUT2D eigenvalue weighted by molar-refractivity contribution is -0.125. The summed E-state index contributed by atoms with van der Waals surface area (Å²) in [4.78, 5) is 31.0. The summed E-state index contributed by atoms with van der Waals surface area (Å²) in [7, 11) is 0. The number of H-pyrrole nitrogens is 1. The fourth-order valence-corrected chi connectivity index (χ4v) is 3.59. The molecule has 0 atom stereocenters. The minimum Gasteiger partial charge on any atom is -0.356 e. The molecular formula is C18H19N7O. The molecule has 0 bridgehead atoms. The van der Waals surface area contributed by atoms with Crippen LogP contribution >= 0.6 is 0 Å². The molecule has 0 unspecified atom stereocenters. The zero-order valence-corrected chi connectivity index (χ0v) is 14.5. The van der Waals surface area contributed by atoms with E-state index in [4.69, 9.17) is 10.2 Å². The van der Waals surface area contributed by atoms with E-state index >= 15 is 0 Å². The Balaban J connectivity index is 1.65. The molecule has 0 radical (unpaired) electrons. The molecule has 4 heterocycles. The van der Waals surface area contributed by atoms with Crippen LogP contribution in [0, 0.1) is 24.2 Å². The van der Waals surface area contributed by atoms with E-state index < -0.39 is 0 Å². The lowest BCUT2D eigenvalue weighted by atomic mass is 9.95. The van der Waals surface area contributed by atoms with E-state index in [-0.39, 0.29) is 18.4 Å². The van der Waals surface area contributed by atoms with Gasteiger partial charge in [-0.1, -0.05) is 0 Å². The Morgan fingerprint density at radius 1 is 1.42 bits per heavy atom. The van der Waals surface area contributed by atoms with Crippen molar-refractivity contribution in [2.24, 2.45) is 5.92 Å². The van der Waals surface area contributed by atoms with Crippen LogP contribution in [0.15, 0.2) is 18.5 Å². The van der Waals surface area contributed by atoms with Crippen molar-refractivity contribution in [2.75, 3.05) is 24.5 Å². The van der Waals surface area contributed by atoms with Crippen molar-refractivity contribution < 1.29 is 4.79 Å². The Hall–Kier alpha value is -3.21. The molecule has 4 rings (SSSR count). The van der Waals surface area contributed by atoms with Crippen LogP contribution in [0.5, 0.6) is 0 Å². The van der Waals surface area contributed by atoms with Crippen molar-refractivity contribution in [1.82, 2.24) is 25.3 Å². The number of aromatic amines is 1. The van der Waals surface area contributed by atoms with E-state index in [1.54, 1.807) is 12.4 Å². The number of nitriles is 1. The second-order valence-corrected chi connectivity index (χ2v) is 6.51. The van der Waals surface area contributed by atoms with Gasteiger partial charge in [-0.25, -0.2) is 15.0 Å². The highest BCUT2D eigenvalue weighted by Gasteiger charge is 2.27. The third kappa shape index (κ3) is 2.81. The zero-order chi connectivity index (χ0) is 18.1. The van der Waals surface area contributed by atoms with Crippen LogP contribution in [0.4, 0.5) is 5.82 Å². The summed E-state index contributed by atoms with van der Waals surface area (Å²) >= 11 is 0. The van der Waals surface area contributed by atoms with Gasteiger partial charge in [0, 0.05) is 30.6 Å². The van der Waals surface area contributed by atoms with Gasteiger partial charge in [-0.05, 0) is 25.8 Å². The van der Waals surface area contributed by atoms with Crippen LogP contribution in [0.2, 0.25) is 0 Å². The average Bonchev–Trinajstić information content (AvgIpc) is 3.14. The molecular weight excluding hydrogens is 330 g/mol. The molecule has 2 N–H and O–H groups in total. The maximum absolute atomic E-state index is 12.1. The number of pyridine rings is 1. The lowest BCUT2D eigenvalue weighted by Gasteiger charge is -2.33. The predicted octanol–water partition coefficient (Wildman–Crippen LogP) is 1.67. The number of rotatable bonds is 3. The summed E-state index contributed by atoms with van der Waals surface area (Å²) in [5.74, 6) is 1.65. The predicted molar refractivity (Wildman–Crippen MR) is 97.5 cm³/mol. The Kier molecular flexibility index (Phi) is 4.13. The summed E-state index contributed by atoms with van der Waals surface area (Å²) in [6, 6.07) is 3.90. The topological polar surface area (TPSA) is 111 Å². The summed E-state index contributed by atoms with van der Waals surface area (Å²) in [5.41, 5.74) is 1.64. The normalized spacial score (nSPS) is 15.3. The van der Waals surface area contributed by atoms with Gasteiger partial charge < -0.3 is 15.2 Å². The fourth-order valence-electron chi connectivity index (χ4n) is 3.59. The number of nitrogens with zero attached hydrogens (tertiary/aromatic N) is 5. The molecule has 8 nitrogen and oxygen atoms in total. The maximum Gasteiger partial charge on any atom is 0.224 e. The van der Waals surface area contributed by atoms with Crippen molar-refractivity contribution in [1.29, 1.82) is 5.26 Å². The van der Waals surface area contributed by atoms with Gasteiger partial charge >= 0.3 is 0 Å². The van der Waals surface area contributed by atoms with Gasteiger partial charge in [-0.2, -0.15) is 5.26 Å². The van der Waals surface area contributed by atoms with Crippen molar-refractivity contribution in [3.05, 3.63) is 24.3 Å². The second kappa shape index (κ2) is 6.59. The third-order valence-electron chi connectivity index (χ3n) is 4.85. The first-order chi connectivity index (χ1) is 12.7. The number of aryl methyl sites for hydroxylation is 1. The molecule has 1 aliphatic rings. The van der Waals surface area contributed by atoms with E-state index in [1.165, 1.54) is 0 Å². The Morgan fingerprint density at radius 3 is 3.00 bits per heavy atom. The molecule has 132 valence electrons. The van der Waals surface area contributed by atoms with Gasteiger partial charge in [-0.3, -0.25) is 4.79 Å². The number of carbonyl (C=O) groups is 1. The first-order valence-electron chi connectivity index (χ1n) is 8.67. The highest BCUT2D eigenvalue weighted by molar-refractivity contribution is 6.09. The monoisotopic (exact) mass is 349 g/mol. The Morgan fingerprint density at radius 2 is 2.23 bits per heavy atom. The van der Waals surface area contributed by atoms with Gasteiger partial charge in [-0.15, -0.1) is 0 Å². The van der Waals surface area contributed by atoms with Crippen molar-refractivity contribution >= 4 is 33.7 Å². The van der Waals surface area contributed by atoms with E-state index in [9.17, 15) is 4.79 Å². The van der Waals surface area contributed by atoms with Gasteiger partial charge in [0.1, 0.15) is 18.2 Å². The molecule has 0 aromatic carbocycles. The van der Waals surface area contributed by atoms with E-state index in [1.807, 2.05) is 19.1 Å². The summed E-state index contributed by atoms with van der Waals surface area (Å²) in [5, 5.41) is 13.3. The molecule has 0 saturated carbocycles. The SMILES string of the molecule is Cc1nc(N2CCC(C(=O)NCC#N)CC2)c2c(cnc3nccc32)[nH]1. The first kappa shape index (κ1) is 16.3. The maximum atomic E-state index is 12.1. The third-order valence-corrected chi connectivity index (χ3v) is 4.85. The molecule has 0 spiro atoms. The molecule has 3 aromatic heterocycles. The Bertz CT molecular complexity index is 1010. The van der Waals surface area contributed by atoms with Crippen LogP contribution in [-0.4, -0.2) is 45.5 Å². The molecule has 0 aliphatic carbocycles. The van der Waals surface area contributed by atoms with Crippen molar-refractivity contribution in [2.45, 2.75) is 19.8 Å². The number of hydrogen-bond donors (Lipinski definition) is 2. The molecule has 8 heteroatoms. The molecule has 26 heavy (non-hydrogen) atoms. The van der Waals surface area contributed by atoms with E-state index in [0.29, 0.717) is 5.65 Å². The molecule has 1 amide bonds. The Labute approximate surface area is 150 Å². The number of carbonyl (C=O) groups excluding carboxylic acids is 1. The summed E-state index contributed by atoms with van der Waals surface area (Å²) in [6.07, 6.45) is 5.04. The molecule has 1 fully saturated rings. The number of anilines is 1. The number of amides is 1. The number of fused-ring (bicyclic) bond motifs is 3. The smallest absolute Gasteiger partial charge is 0.224 e. The van der Waals surface area contributed by atoms with E-state index in [2.05, 4.69) is 25.2 Å². The average molecular weight is 349 g/mol. The van der Waals surface area contributed by atoms with Gasteiger partial charge in [0.05, 0.1) is 23.2 Å². The standard InChI is InChI=1S/C18H19N7O/c1-11-23-14-10-22-16-13(2-6-20-16)15(14)17(24-11)25-8-3-12(4-9-25)18(26)21-7-5-19/h2,6,10,12H,3-4,7-9H2,1H3,(H,21,26)(H,23,24). The molecule has 3 aromatic rings. The van der Waals surface area contributed by atoms with Crippen LogP contribution < -0.4 is 10.2 Å². The lowest BCUT2D eigenvalue weighted by Crippen LogP contribution is -2.41. The van der Waals surface area contributed by atoms with Crippen LogP contribution in [0.1, 0.15) is 18.7 Å². The number of nitrogens with one attached hydrogen (secondary N) is 2. The summed E-state index contributed by atoms with van der Waals surface area (Å²) in [6.45, 7) is 3.48. The minimum atomic E-state index is -0.0514. The number of aromatic nitrogens is 4. The highest BCUT2D eigenvalue weighted by atomic mass is 16.1. The summed E-state index contributed by atoms with van der Waals surface area (Å²) < 4.78 is 0. The minimum absolute atomic E-state index is 0.0339. The second-order valence-electron chi connectivity index (χ2n) is 6.51. The largest absolute Gasteiger partial charge is 0.356 e. The van der Waals surface area contributed by atoms with Crippen LogP contribution in [0.25, 0.3) is 21.9 Å². The van der Waals surface area contributed by atoms with Crippen molar-refractivity contribution in [3.8, 4) is 6.07 Å². The van der Waals surface area contributed by atoms with Gasteiger partial charge in [0.25, 0.3) is 0 Å². The first-order valence-corrected chi connectivity index (χ1v) is 8.67. The quantitative estimate of drug-likeness (QED) is 0.696. The van der Waals surface area contributed by atoms with Gasteiger partial charge in [0.2, 0.25) is 5.91 Å². The molecule has 1 saturated heterocycles. The zero-order valence-electron chi connectivity index (χ0n) is 14.5. The fraction of sp³-hybridized carbons (Fsp3) is 0.389. The number of hydrogen-bond acceptors (Lipinski definition) is 6. The number of piperidine rings is 1. The van der Waals surface area contributed by atoms with Gasteiger partial charge in [0.15, 0.2) is 5.65 Å². The van der Waals surface area contributed by atoms with Crippen LogP contribution in [0.3, 0.4) is 0 Å².